The van der Waals surface area contributed by atoms with Crippen LogP contribution in [-0.4, -0.2) is 13.0 Å². The van der Waals surface area contributed by atoms with Crippen LogP contribution in [0, 0.1) is 11.3 Å². The molecule has 1 aliphatic rings. The summed E-state index contributed by atoms with van der Waals surface area (Å²) in [7, 11) is 1.99. The third-order valence-corrected chi connectivity index (χ3v) is 5.07. The maximum atomic E-state index is 12.4. The minimum atomic E-state index is -0.451. The molecule has 0 saturated carbocycles. The zero-order valence-electron chi connectivity index (χ0n) is 15.5. The van der Waals surface area contributed by atoms with E-state index in [-0.39, 0.29) is 11.0 Å². The van der Waals surface area contributed by atoms with Crippen molar-refractivity contribution in [3.63, 3.8) is 0 Å². The Morgan fingerprint density at radius 2 is 1.85 bits per heavy atom. The number of carbonyl (C=O) groups is 1. The molecular weight excluding hydrogens is 358 g/mol. The molecule has 1 heterocycles. The molecule has 0 spiro atoms. The average molecular weight is 378 g/mol. The zero-order valence-corrected chi connectivity index (χ0v) is 16.2. The smallest absolute Gasteiger partial charge is 0.266 e. The van der Waals surface area contributed by atoms with Crippen LogP contribution in [0.1, 0.15) is 19.4 Å². The highest BCUT2D eigenvalue weighted by Crippen LogP contribution is 2.46. The van der Waals surface area contributed by atoms with Crippen molar-refractivity contribution in [3.8, 4) is 6.07 Å². The van der Waals surface area contributed by atoms with E-state index in [0.717, 1.165) is 11.4 Å². The fourth-order valence-corrected chi connectivity index (χ4v) is 3.49. The molecule has 136 valence electrons. The van der Waals surface area contributed by atoms with Crippen LogP contribution in [0.15, 0.2) is 72.0 Å². The van der Waals surface area contributed by atoms with Crippen molar-refractivity contribution in [2.45, 2.75) is 19.3 Å². The fourth-order valence-electron chi connectivity index (χ4n) is 3.36. The summed E-state index contributed by atoms with van der Waals surface area (Å²) >= 11 is 5.85. The summed E-state index contributed by atoms with van der Waals surface area (Å²) in [6.07, 6.45) is 3.42. The maximum absolute atomic E-state index is 12.4. The monoisotopic (exact) mass is 377 g/mol. The molecule has 27 heavy (non-hydrogen) atoms. The molecule has 2 aromatic carbocycles. The van der Waals surface area contributed by atoms with Gasteiger partial charge in [-0.2, -0.15) is 5.26 Å². The van der Waals surface area contributed by atoms with Crippen LogP contribution < -0.4 is 10.2 Å². The first-order valence-corrected chi connectivity index (χ1v) is 8.95. The highest BCUT2D eigenvalue weighted by atomic mass is 35.5. The number of nitriles is 1. The quantitative estimate of drug-likeness (QED) is 0.602. The summed E-state index contributed by atoms with van der Waals surface area (Å²) in [4.78, 5) is 14.5. The third-order valence-electron chi connectivity index (χ3n) is 4.82. The van der Waals surface area contributed by atoms with E-state index in [1.165, 1.54) is 5.56 Å². The molecule has 0 saturated heterocycles. The molecule has 1 aliphatic heterocycles. The van der Waals surface area contributed by atoms with Gasteiger partial charge >= 0.3 is 0 Å². The zero-order chi connectivity index (χ0) is 19.6. The third kappa shape index (κ3) is 3.60. The van der Waals surface area contributed by atoms with Gasteiger partial charge in [0.1, 0.15) is 11.6 Å². The molecule has 1 amide bonds. The van der Waals surface area contributed by atoms with Gasteiger partial charge in [0, 0.05) is 34.6 Å². The number of rotatable bonds is 3. The maximum Gasteiger partial charge on any atom is 0.266 e. The van der Waals surface area contributed by atoms with Crippen LogP contribution in [0.3, 0.4) is 0 Å². The number of anilines is 2. The van der Waals surface area contributed by atoms with Crippen LogP contribution in [0.4, 0.5) is 11.4 Å². The molecule has 1 N–H and O–H groups in total. The molecule has 2 aromatic rings. The van der Waals surface area contributed by atoms with E-state index in [0.29, 0.717) is 10.7 Å². The first-order chi connectivity index (χ1) is 12.8. The van der Waals surface area contributed by atoms with E-state index >= 15 is 0 Å². The molecule has 0 bridgehead atoms. The van der Waals surface area contributed by atoms with Gasteiger partial charge in [-0.05, 0) is 48.0 Å². The molecule has 4 nitrogen and oxygen atoms in total. The van der Waals surface area contributed by atoms with Crippen molar-refractivity contribution >= 4 is 28.9 Å². The van der Waals surface area contributed by atoms with Crippen LogP contribution >= 0.6 is 11.6 Å². The van der Waals surface area contributed by atoms with Crippen LogP contribution in [0.5, 0.6) is 0 Å². The van der Waals surface area contributed by atoms with Gasteiger partial charge in [0.15, 0.2) is 0 Å². The number of amides is 1. The van der Waals surface area contributed by atoms with Crippen LogP contribution in [-0.2, 0) is 10.2 Å². The Hall–Kier alpha value is -3.03. The molecule has 0 fully saturated rings. The lowest BCUT2D eigenvalue weighted by molar-refractivity contribution is -0.112. The molecule has 0 aromatic heterocycles. The summed E-state index contributed by atoms with van der Waals surface area (Å²) in [5.41, 5.74) is 3.79. The number of allylic oxidation sites excluding steroid dienone is 3. The van der Waals surface area contributed by atoms with Gasteiger partial charge in [-0.3, -0.25) is 4.79 Å². The Morgan fingerprint density at radius 1 is 1.19 bits per heavy atom. The van der Waals surface area contributed by atoms with E-state index in [2.05, 4.69) is 36.2 Å². The molecular formula is C22H20ClN3O. The van der Waals surface area contributed by atoms with E-state index in [9.17, 15) is 10.1 Å². The Balaban J connectivity index is 1.87. The number of benzene rings is 2. The number of nitrogens with zero attached hydrogens (tertiary/aromatic N) is 2. The topological polar surface area (TPSA) is 56.1 Å². The predicted octanol–water partition coefficient (Wildman–Crippen LogP) is 5.04. The highest BCUT2D eigenvalue weighted by molar-refractivity contribution is 6.30. The standard InChI is InChI=1S/C22H20ClN3O/c1-22(2)18-6-4-5-7-19(18)26(3)20(22)13-8-15(14-24)21(27)25-17-11-9-16(23)10-12-17/h4-13H,1-3H3,(H,25,27)/b15-8+,20-13+. The van der Waals surface area contributed by atoms with Crippen molar-refractivity contribution in [1.82, 2.24) is 0 Å². The summed E-state index contributed by atoms with van der Waals surface area (Å²) < 4.78 is 0. The van der Waals surface area contributed by atoms with Gasteiger partial charge in [-0.25, -0.2) is 0 Å². The molecule has 0 atom stereocenters. The molecule has 3 rings (SSSR count). The summed E-state index contributed by atoms with van der Waals surface area (Å²) in [6.45, 7) is 4.27. The second-order valence-electron chi connectivity index (χ2n) is 6.91. The van der Waals surface area contributed by atoms with E-state index in [1.807, 2.05) is 31.3 Å². The van der Waals surface area contributed by atoms with E-state index < -0.39 is 5.91 Å². The molecule has 0 radical (unpaired) electrons. The molecule has 0 aliphatic carbocycles. The SMILES string of the molecule is CN1/C(=C/C=C(\C#N)C(=O)Nc2ccc(Cl)cc2)C(C)(C)c2ccccc21. The Kier molecular flexibility index (Phi) is 5.07. The van der Waals surface area contributed by atoms with Gasteiger partial charge in [0.05, 0.1) is 0 Å². The normalized spacial score (nSPS) is 16.8. The number of carbonyl (C=O) groups excluding carboxylic acids is 1. The first kappa shape index (κ1) is 18.8. The van der Waals surface area contributed by atoms with Crippen LogP contribution in [0.2, 0.25) is 5.02 Å². The van der Waals surface area contributed by atoms with Crippen molar-refractivity contribution in [1.29, 1.82) is 5.26 Å². The number of hydrogen-bond donors (Lipinski definition) is 1. The van der Waals surface area contributed by atoms with Gasteiger partial charge in [0.2, 0.25) is 0 Å². The van der Waals surface area contributed by atoms with Gasteiger partial charge < -0.3 is 10.2 Å². The number of halogens is 1. The van der Waals surface area contributed by atoms with Crippen molar-refractivity contribution in [3.05, 3.63) is 82.5 Å². The molecule has 5 heteroatoms. The Bertz CT molecular complexity index is 981. The Morgan fingerprint density at radius 3 is 2.48 bits per heavy atom. The average Bonchev–Trinajstić information content (AvgIpc) is 2.85. The second kappa shape index (κ2) is 7.30. The molecule has 0 unspecified atom stereocenters. The fraction of sp³-hybridized carbons (Fsp3) is 0.182. The first-order valence-electron chi connectivity index (χ1n) is 8.57. The summed E-state index contributed by atoms with van der Waals surface area (Å²) in [5, 5.41) is 12.7. The van der Waals surface area contributed by atoms with Gasteiger partial charge in [0.25, 0.3) is 5.91 Å². The Labute approximate surface area is 164 Å². The van der Waals surface area contributed by atoms with Crippen molar-refractivity contribution < 1.29 is 4.79 Å². The minimum Gasteiger partial charge on any atom is -0.347 e. The minimum absolute atomic E-state index is 0.0395. The second-order valence-corrected chi connectivity index (χ2v) is 7.34. The lowest BCUT2D eigenvalue weighted by atomic mass is 9.83. The van der Waals surface area contributed by atoms with Crippen molar-refractivity contribution in [2.75, 3.05) is 17.3 Å². The number of fused-ring (bicyclic) bond motifs is 1. The van der Waals surface area contributed by atoms with E-state index in [1.54, 1.807) is 30.3 Å². The van der Waals surface area contributed by atoms with Crippen LogP contribution in [0.25, 0.3) is 0 Å². The van der Waals surface area contributed by atoms with E-state index in [4.69, 9.17) is 11.6 Å². The lowest BCUT2D eigenvalue weighted by Gasteiger charge is -2.23. The van der Waals surface area contributed by atoms with Gasteiger partial charge in [-0.1, -0.05) is 43.6 Å². The largest absolute Gasteiger partial charge is 0.347 e. The summed E-state index contributed by atoms with van der Waals surface area (Å²) in [6, 6.07) is 16.9. The summed E-state index contributed by atoms with van der Waals surface area (Å²) in [5.74, 6) is -0.451. The predicted molar refractivity (Wildman–Crippen MR) is 110 cm³/mol. The lowest BCUT2D eigenvalue weighted by Crippen LogP contribution is -2.22. The number of nitrogens with one attached hydrogen (secondary N) is 1. The number of hydrogen-bond acceptors (Lipinski definition) is 3. The number of likely N-dealkylation sites (N-methyl/N-ethyl adjacent to an activating group) is 1. The highest BCUT2D eigenvalue weighted by Gasteiger charge is 2.37. The number of para-hydroxylation sites is 1. The van der Waals surface area contributed by atoms with Gasteiger partial charge in [-0.15, -0.1) is 0 Å². The van der Waals surface area contributed by atoms with Crippen molar-refractivity contribution in [2.24, 2.45) is 0 Å².